The van der Waals surface area contributed by atoms with Gasteiger partial charge in [-0.25, -0.2) is 4.98 Å². The molecule has 0 atom stereocenters. The van der Waals surface area contributed by atoms with Crippen LogP contribution >= 0.6 is 23.6 Å². The number of allylic oxidation sites excluding steroid dienone is 1. The van der Waals surface area contributed by atoms with Gasteiger partial charge in [0, 0.05) is 12.1 Å². The lowest BCUT2D eigenvalue weighted by Gasteiger charge is -2.07. The molecule has 0 fully saturated rings. The van der Waals surface area contributed by atoms with Crippen LogP contribution in [-0.4, -0.2) is 38.1 Å². The molecular formula is C19H20N6O2S2. The molecule has 2 heterocycles. The van der Waals surface area contributed by atoms with Crippen LogP contribution in [0.25, 0.3) is 10.7 Å². The van der Waals surface area contributed by atoms with Gasteiger partial charge in [-0.3, -0.25) is 19.3 Å². The molecule has 8 nitrogen and oxygen atoms in total. The summed E-state index contributed by atoms with van der Waals surface area (Å²) in [5.74, 6) is -0.0235. The number of benzene rings is 1. The zero-order chi connectivity index (χ0) is 21.0. The van der Waals surface area contributed by atoms with Gasteiger partial charge in [0.1, 0.15) is 0 Å². The van der Waals surface area contributed by atoms with Crippen molar-refractivity contribution in [1.29, 1.82) is 0 Å². The standard InChI is InChI=1S/C19H20N6O2S2/c1-4-9-25-16(23-24-19(25)28)15-12(3)21-18(29-15)22-14(26)10-20-17(27)13-8-6-5-7-11(13)2/h4-8H,1,9-10H2,2-3H3,(H,20,27)(H,24,28)(H,21,22,26). The molecule has 1 aromatic carbocycles. The Labute approximate surface area is 176 Å². The first-order valence-corrected chi connectivity index (χ1v) is 10.0. The van der Waals surface area contributed by atoms with E-state index in [-0.39, 0.29) is 18.4 Å². The van der Waals surface area contributed by atoms with E-state index in [0.29, 0.717) is 33.5 Å². The maximum atomic E-state index is 12.2. The molecule has 0 saturated heterocycles. The summed E-state index contributed by atoms with van der Waals surface area (Å²) in [6.07, 6.45) is 1.73. The van der Waals surface area contributed by atoms with Crippen molar-refractivity contribution >= 4 is 40.5 Å². The molecule has 10 heteroatoms. The molecule has 0 bridgehead atoms. The first-order valence-electron chi connectivity index (χ1n) is 8.78. The fraction of sp³-hybridized carbons (Fsp3) is 0.211. The van der Waals surface area contributed by atoms with Crippen molar-refractivity contribution in [2.45, 2.75) is 20.4 Å². The van der Waals surface area contributed by atoms with Crippen molar-refractivity contribution in [1.82, 2.24) is 25.1 Å². The number of amides is 2. The van der Waals surface area contributed by atoms with Crippen LogP contribution < -0.4 is 10.6 Å². The maximum absolute atomic E-state index is 12.2. The lowest BCUT2D eigenvalue weighted by molar-refractivity contribution is -0.115. The first kappa shape index (κ1) is 20.6. The van der Waals surface area contributed by atoms with E-state index in [1.165, 1.54) is 11.3 Å². The van der Waals surface area contributed by atoms with Gasteiger partial charge in [0.05, 0.1) is 17.1 Å². The van der Waals surface area contributed by atoms with Gasteiger partial charge >= 0.3 is 0 Å². The highest BCUT2D eigenvalue weighted by Crippen LogP contribution is 2.31. The van der Waals surface area contributed by atoms with Gasteiger partial charge in [0.15, 0.2) is 15.7 Å². The Morgan fingerprint density at radius 2 is 2.10 bits per heavy atom. The Kier molecular flexibility index (Phi) is 6.35. The Balaban J connectivity index is 1.67. The Hall–Kier alpha value is -3.11. The van der Waals surface area contributed by atoms with Crippen molar-refractivity contribution < 1.29 is 9.59 Å². The van der Waals surface area contributed by atoms with E-state index in [4.69, 9.17) is 12.2 Å². The number of H-pyrrole nitrogens is 1. The molecule has 3 aromatic rings. The van der Waals surface area contributed by atoms with Crippen molar-refractivity contribution in [2.75, 3.05) is 11.9 Å². The van der Waals surface area contributed by atoms with Gasteiger partial charge in [0.2, 0.25) is 5.91 Å². The number of anilines is 1. The third-order valence-corrected chi connectivity index (χ3v) is 5.50. The highest BCUT2D eigenvalue weighted by molar-refractivity contribution is 7.71. The zero-order valence-corrected chi connectivity index (χ0v) is 17.6. The van der Waals surface area contributed by atoms with Crippen LogP contribution in [0.2, 0.25) is 0 Å². The van der Waals surface area contributed by atoms with Crippen molar-refractivity contribution in [2.24, 2.45) is 0 Å². The summed E-state index contributed by atoms with van der Waals surface area (Å²) in [6, 6.07) is 7.20. The quantitative estimate of drug-likeness (QED) is 0.396. The van der Waals surface area contributed by atoms with Crippen LogP contribution in [0.3, 0.4) is 0 Å². The van der Waals surface area contributed by atoms with E-state index in [0.717, 1.165) is 10.4 Å². The third-order valence-electron chi connectivity index (χ3n) is 4.12. The smallest absolute Gasteiger partial charge is 0.251 e. The minimum Gasteiger partial charge on any atom is -0.343 e. The molecule has 150 valence electrons. The lowest BCUT2D eigenvalue weighted by Crippen LogP contribution is -2.33. The number of hydrogen-bond donors (Lipinski definition) is 3. The van der Waals surface area contributed by atoms with Crippen LogP contribution in [0.1, 0.15) is 21.6 Å². The normalized spacial score (nSPS) is 10.6. The lowest BCUT2D eigenvalue weighted by atomic mass is 10.1. The summed E-state index contributed by atoms with van der Waals surface area (Å²) >= 11 is 6.53. The van der Waals surface area contributed by atoms with Gasteiger partial charge < -0.3 is 10.6 Å². The SMILES string of the molecule is C=CCn1c(-c2sc(NC(=O)CNC(=O)c3ccccc3C)nc2C)n[nH]c1=S. The Morgan fingerprint density at radius 1 is 1.34 bits per heavy atom. The number of nitrogens with one attached hydrogen (secondary N) is 3. The molecule has 0 aliphatic heterocycles. The average molecular weight is 429 g/mol. The number of nitrogens with zero attached hydrogens (tertiary/aromatic N) is 3. The summed E-state index contributed by atoms with van der Waals surface area (Å²) in [7, 11) is 0. The molecular weight excluding hydrogens is 408 g/mol. The predicted molar refractivity (Wildman–Crippen MR) is 116 cm³/mol. The van der Waals surface area contributed by atoms with Crippen LogP contribution in [0.4, 0.5) is 5.13 Å². The molecule has 3 N–H and O–H groups in total. The number of aryl methyl sites for hydroxylation is 2. The molecule has 0 aliphatic carbocycles. The second-order valence-electron chi connectivity index (χ2n) is 6.23. The zero-order valence-electron chi connectivity index (χ0n) is 16.0. The molecule has 2 amide bonds. The van der Waals surface area contributed by atoms with Gasteiger partial charge in [0.25, 0.3) is 5.91 Å². The number of carbonyl (C=O) groups excluding carboxylic acids is 2. The number of aromatic amines is 1. The van der Waals surface area contributed by atoms with E-state index in [2.05, 4.69) is 32.4 Å². The van der Waals surface area contributed by atoms with Gasteiger partial charge in [-0.1, -0.05) is 35.6 Å². The van der Waals surface area contributed by atoms with E-state index in [1.807, 2.05) is 26.0 Å². The summed E-state index contributed by atoms with van der Waals surface area (Å²) in [6.45, 7) is 7.75. The molecule has 0 unspecified atom stereocenters. The predicted octanol–water partition coefficient (Wildman–Crippen LogP) is 3.24. The second-order valence-corrected chi connectivity index (χ2v) is 7.62. The first-order chi connectivity index (χ1) is 13.9. The summed E-state index contributed by atoms with van der Waals surface area (Å²) in [4.78, 5) is 29.7. The Bertz CT molecular complexity index is 1130. The number of carbonyl (C=O) groups is 2. The number of thiazole rings is 1. The highest BCUT2D eigenvalue weighted by Gasteiger charge is 2.17. The highest BCUT2D eigenvalue weighted by atomic mass is 32.1. The van der Waals surface area contributed by atoms with E-state index in [9.17, 15) is 9.59 Å². The molecule has 0 spiro atoms. The molecule has 0 saturated carbocycles. The van der Waals surface area contributed by atoms with Gasteiger partial charge in [-0.2, -0.15) is 5.10 Å². The van der Waals surface area contributed by atoms with Gasteiger partial charge in [-0.15, -0.1) is 6.58 Å². The third kappa shape index (κ3) is 4.66. The van der Waals surface area contributed by atoms with Crippen molar-refractivity contribution in [3.05, 3.63) is 58.5 Å². The van der Waals surface area contributed by atoms with E-state index >= 15 is 0 Å². The van der Waals surface area contributed by atoms with E-state index in [1.54, 1.807) is 22.8 Å². The molecule has 0 radical (unpaired) electrons. The maximum Gasteiger partial charge on any atom is 0.251 e. The molecule has 3 rings (SSSR count). The molecule has 29 heavy (non-hydrogen) atoms. The van der Waals surface area contributed by atoms with Crippen molar-refractivity contribution in [3.63, 3.8) is 0 Å². The van der Waals surface area contributed by atoms with E-state index < -0.39 is 0 Å². The second kappa shape index (κ2) is 8.93. The van der Waals surface area contributed by atoms with Crippen LogP contribution in [-0.2, 0) is 11.3 Å². The summed E-state index contributed by atoms with van der Waals surface area (Å²) in [5.41, 5.74) is 2.10. The Morgan fingerprint density at radius 3 is 2.83 bits per heavy atom. The monoisotopic (exact) mass is 428 g/mol. The fourth-order valence-electron chi connectivity index (χ4n) is 2.69. The van der Waals surface area contributed by atoms with Crippen molar-refractivity contribution in [3.8, 4) is 10.7 Å². The van der Waals surface area contributed by atoms with Crippen LogP contribution in [0.15, 0.2) is 36.9 Å². The van der Waals surface area contributed by atoms with Crippen LogP contribution in [0.5, 0.6) is 0 Å². The molecule has 0 aliphatic rings. The summed E-state index contributed by atoms with van der Waals surface area (Å²) < 4.78 is 2.29. The average Bonchev–Trinajstić information content (AvgIpc) is 3.22. The minimum atomic E-state index is -0.364. The largest absolute Gasteiger partial charge is 0.343 e. The van der Waals surface area contributed by atoms with Crippen LogP contribution in [0, 0.1) is 18.6 Å². The van der Waals surface area contributed by atoms with Gasteiger partial charge in [-0.05, 0) is 37.7 Å². The number of hydrogen-bond acceptors (Lipinski definition) is 6. The fourth-order valence-corrected chi connectivity index (χ4v) is 3.88. The number of rotatable bonds is 7. The number of aromatic nitrogens is 4. The topological polar surface area (TPSA) is 105 Å². The minimum absolute atomic E-state index is 0.156. The molecule has 2 aromatic heterocycles. The summed E-state index contributed by atoms with van der Waals surface area (Å²) in [5, 5.41) is 12.8.